The van der Waals surface area contributed by atoms with Crippen LogP contribution >= 0.6 is 0 Å². The van der Waals surface area contributed by atoms with Crippen LogP contribution in [0, 0.1) is 0 Å². The summed E-state index contributed by atoms with van der Waals surface area (Å²) >= 11 is 0. The molecule has 32 heavy (non-hydrogen) atoms. The zero-order valence-corrected chi connectivity index (χ0v) is 20.4. The molecule has 0 radical (unpaired) electrons. The molecule has 0 bridgehead atoms. The van der Waals surface area contributed by atoms with E-state index < -0.39 is 47.6 Å². The van der Waals surface area contributed by atoms with E-state index in [1.54, 1.807) is 0 Å². The maximum atomic E-state index is 10.7. The minimum absolute atomic E-state index is 0.380. The first-order valence-electron chi connectivity index (χ1n) is 12.3. The third kappa shape index (κ3) is 13.4. The van der Waals surface area contributed by atoms with Crippen LogP contribution in [0.15, 0.2) is 0 Å². The molecule has 10 heteroatoms. The van der Waals surface area contributed by atoms with Gasteiger partial charge in [0.05, 0.1) is 12.6 Å². The zero-order valence-electron chi connectivity index (χ0n) is 19.6. The minimum Gasteiger partial charge on any atom is -0.388 e. The summed E-state index contributed by atoms with van der Waals surface area (Å²) in [6.45, 7) is 1.97. The highest BCUT2D eigenvalue weighted by atomic mass is 32.3. The van der Waals surface area contributed by atoms with Crippen LogP contribution in [0.25, 0.3) is 0 Å². The molecule has 0 amide bonds. The van der Waals surface area contributed by atoms with Gasteiger partial charge < -0.3 is 25.4 Å². The molecule has 0 spiro atoms. The van der Waals surface area contributed by atoms with E-state index >= 15 is 0 Å². The largest absolute Gasteiger partial charge is 0.397 e. The average molecular weight is 484 g/mol. The van der Waals surface area contributed by atoms with Gasteiger partial charge in [0, 0.05) is 6.61 Å². The van der Waals surface area contributed by atoms with Crippen molar-refractivity contribution in [2.45, 2.75) is 127 Å². The summed E-state index contributed by atoms with van der Waals surface area (Å²) < 4.78 is 45.4. The highest BCUT2D eigenvalue weighted by Crippen LogP contribution is 2.22. The van der Waals surface area contributed by atoms with Crippen molar-refractivity contribution in [3.05, 3.63) is 0 Å². The predicted octanol–water partition coefficient (Wildman–Crippen LogP) is 3.08. The lowest BCUT2D eigenvalue weighted by Crippen LogP contribution is -2.62. The lowest BCUT2D eigenvalue weighted by Gasteiger charge is -2.40. The van der Waals surface area contributed by atoms with E-state index in [9.17, 15) is 18.6 Å². The van der Waals surface area contributed by atoms with Crippen molar-refractivity contribution in [2.75, 3.05) is 13.2 Å². The van der Waals surface area contributed by atoms with Gasteiger partial charge in [0.2, 0.25) is 0 Å². The Hall–Kier alpha value is -0.330. The molecule has 0 aromatic heterocycles. The Kier molecular flexibility index (Phi) is 15.9. The molecule has 1 saturated heterocycles. The summed E-state index contributed by atoms with van der Waals surface area (Å²) in [5.41, 5.74) is 5.85. The molecule has 0 aromatic carbocycles. The molecule has 1 aliphatic rings. The number of hydrogen-bond acceptors (Lipinski definition) is 8. The molecule has 0 aromatic rings. The van der Waals surface area contributed by atoms with Gasteiger partial charge in [0.15, 0.2) is 6.29 Å². The van der Waals surface area contributed by atoms with Crippen LogP contribution in [0.3, 0.4) is 0 Å². The molecule has 5 atom stereocenters. The van der Waals surface area contributed by atoms with Gasteiger partial charge in [-0.2, -0.15) is 8.42 Å². The Morgan fingerprint density at radius 3 is 1.75 bits per heavy atom. The number of rotatable bonds is 19. The molecule has 5 N–H and O–H groups in total. The number of unbranched alkanes of at least 4 members (excludes halogenated alkanes) is 13. The second kappa shape index (κ2) is 17.2. The van der Waals surface area contributed by atoms with E-state index in [0.717, 1.165) is 19.3 Å². The Labute approximate surface area is 194 Å². The van der Waals surface area contributed by atoms with Crippen LogP contribution in [0.2, 0.25) is 0 Å². The monoisotopic (exact) mass is 483 g/mol. The topological polar surface area (TPSA) is 149 Å². The van der Waals surface area contributed by atoms with Crippen LogP contribution in [-0.4, -0.2) is 67.0 Å². The zero-order chi connectivity index (χ0) is 23.8. The number of nitrogens with two attached hydrogens (primary N) is 1. The van der Waals surface area contributed by atoms with Crippen molar-refractivity contribution in [2.24, 2.45) is 5.73 Å². The first kappa shape index (κ1) is 29.7. The Morgan fingerprint density at radius 2 is 1.28 bits per heavy atom. The maximum absolute atomic E-state index is 10.7. The van der Waals surface area contributed by atoms with E-state index in [-0.39, 0.29) is 0 Å². The molecule has 1 rings (SSSR count). The Morgan fingerprint density at radius 1 is 0.812 bits per heavy atom. The first-order valence-corrected chi connectivity index (χ1v) is 13.6. The molecule has 0 saturated carbocycles. The summed E-state index contributed by atoms with van der Waals surface area (Å²) in [5, 5.41) is 20.0. The fourth-order valence-corrected chi connectivity index (χ4v) is 4.20. The summed E-state index contributed by atoms with van der Waals surface area (Å²) in [7, 11) is -4.68. The van der Waals surface area contributed by atoms with E-state index in [1.807, 2.05) is 0 Å². The summed E-state index contributed by atoms with van der Waals surface area (Å²) in [6, 6.07) is -0.973. The second-order valence-corrected chi connectivity index (χ2v) is 9.87. The summed E-state index contributed by atoms with van der Waals surface area (Å²) in [4.78, 5) is 0. The van der Waals surface area contributed by atoms with Crippen molar-refractivity contribution in [1.29, 1.82) is 0 Å². The lowest BCUT2D eigenvalue weighted by molar-refractivity contribution is -0.264. The molecule has 1 aliphatic heterocycles. The number of ether oxygens (including phenoxy) is 2. The maximum Gasteiger partial charge on any atom is 0.397 e. The van der Waals surface area contributed by atoms with Crippen molar-refractivity contribution in [3.8, 4) is 0 Å². The third-order valence-electron chi connectivity index (χ3n) is 5.91. The summed E-state index contributed by atoms with van der Waals surface area (Å²) in [5.74, 6) is 0. The Bertz CT molecular complexity index is 562. The fourth-order valence-electron chi connectivity index (χ4n) is 3.89. The number of hydrogen-bond donors (Lipinski definition) is 4. The standard InChI is InChI=1S/C22H45NO8S/c1-2-3-4-5-6-7-8-9-10-11-12-13-14-15-16-29-22-19(23)21(25)20(24)18(31-22)17-30-32(26,27)28/h18-22,24-25H,2-17,23H2,1H3,(H,26,27,28)/t18-,19-,20-,21-,22+/m1/s1. The second-order valence-electron chi connectivity index (χ2n) is 8.78. The molecule has 0 aliphatic carbocycles. The van der Waals surface area contributed by atoms with Gasteiger partial charge in [-0.3, -0.25) is 4.55 Å². The molecule has 9 nitrogen and oxygen atoms in total. The van der Waals surface area contributed by atoms with Crippen molar-refractivity contribution in [3.63, 3.8) is 0 Å². The lowest BCUT2D eigenvalue weighted by atomic mass is 9.98. The van der Waals surface area contributed by atoms with Crippen LogP contribution in [0.5, 0.6) is 0 Å². The molecule has 192 valence electrons. The van der Waals surface area contributed by atoms with Gasteiger partial charge in [-0.25, -0.2) is 4.18 Å². The highest BCUT2D eigenvalue weighted by molar-refractivity contribution is 7.80. The molecular formula is C22H45NO8S. The Balaban J connectivity index is 2.05. The van der Waals surface area contributed by atoms with Gasteiger partial charge in [-0.1, -0.05) is 90.4 Å². The van der Waals surface area contributed by atoms with Crippen molar-refractivity contribution in [1.82, 2.24) is 0 Å². The number of aliphatic hydroxyl groups excluding tert-OH is 2. The molecule has 1 fully saturated rings. The van der Waals surface area contributed by atoms with Crippen molar-refractivity contribution < 1.29 is 36.8 Å². The molecule has 0 unspecified atom stereocenters. The average Bonchev–Trinajstić information content (AvgIpc) is 2.74. The van der Waals surface area contributed by atoms with E-state index in [1.165, 1.54) is 70.6 Å². The predicted molar refractivity (Wildman–Crippen MR) is 122 cm³/mol. The summed E-state index contributed by atoms with van der Waals surface area (Å²) in [6.07, 6.45) is 12.6. The third-order valence-corrected chi connectivity index (χ3v) is 6.34. The number of aliphatic hydroxyl groups is 2. The van der Waals surface area contributed by atoms with Crippen LogP contribution in [0.4, 0.5) is 0 Å². The van der Waals surface area contributed by atoms with Crippen molar-refractivity contribution >= 4 is 10.4 Å². The first-order chi connectivity index (χ1) is 15.3. The highest BCUT2D eigenvalue weighted by Gasteiger charge is 2.43. The fraction of sp³-hybridized carbons (Fsp3) is 1.00. The quantitative estimate of drug-likeness (QED) is 0.161. The SMILES string of the molecule is CCCCCCCCCCCCCCCCO[C@H]1O[C@H](COS(=O)(=O)O)[C@@H](O)[C@H](O)[C@H]1N. The van der Waals surface area contributed by atoms with Gasteiger partial charge >= 0.3 is 10.4 Å². The van der Waals surface area contributed by atoms with Crippen LogP contribution in [0.1, 0.15) is 96.8 Å². The normalized spacial score (nSPS) is 26.5. The van der Waals surface area contributed by atoms with E-state index in [2.05, 4.69) is 11.1 Å². The van der Waals surface area contributed by atoms with E-state index in [4.69, 9.17) is 19.8 Å². The van der Waals surface area contributed by atoms with Gasteiger partial charge in [-0.05, 0) is 6.42 Å². The smallest absolute Gasteiger partial charge is 0.388 e. The van der Waals surface area contributed by atoms with Crippen LogP contribution in [-0.2, 0) is 24.1 Å². The minimum atomic E-state index is -4.68. The van der Waals surface area contributed by atoms with E-state index in [0.29, 0.717) is 6.61 Å². The van der Waals surface area contributed by atoms with Gasteiger partial charge in [-0.15, -0.1) is 0 Å². The molecular weight excluding hydrogens is 438 g/mol. The van der Waals surface area contributed by atoms with Crippen LogP contribution < -0.4 is 5.73 Å². The molecule has 1 heterocycles. The van der Waals surface area contributed by atoms with Gasteiger partial charge in [0.1, 0.15) is 18.3 Å². The van der Waals surface area contributed by atoms with Gasteiger partial charge in [0.25, 0.3) is 0 Å².